The molecule has 1 aromatic carbocycles. The highest BCUT2D eigenvalue weighted by Crippen LogP contribution is 2.15. The number of nitrogens with zero attached hydrogens (tertiary/aromatic N) is 1. The van der Waals surface area contributed by atoms with E-state index < -0.39 is 0 Å². The van der Waals surface area contributed by atoms with Gasteiger partial charge in [0.1, 0.15) is 5.01 Å². The second-order valence-corrected chi connectivity index (χ2v) is 5.80. The zero-order valence-corrected chi connectivity index (χ0v) is 11.9. The standard InChI is InChI=1S/C15H20N2S/c1-12-13(2)18-15(17-12)11-16-10-6-9-14-7-4-3-5-8-14/h3-5,7-8,16H,6,9-11H2,1-2H3. The van der Waals surface area contributed by atoms with Gasteiger partial charge in [0.25, 0.3) is 0 Å². The van der Waals surface area contributed by atoms with Crippen molar-refractivity contribution in [3.8, 4) is 0 Å². The minimum atomic E-state index is 0.897. The molecule has 0 fully saturated rings. The lowest BCUT2D eigenvalue weighted by molar-refractivity contribution is 0.647. The summed E-state index contributed by atoms with van der Waals surface area (Å²) in [5.41, 5.74) is 2.58. The lowest BCUT2D eigenvalue weighted by Gasteiger charge is -2.03. The molecule has 0 saturated heterocycles. The van der Waals surface area contributed by atoms with Crippen molar-refractivity contribution in [3.63, 3.8) is 0 Å². The first-order valence-electron chi connectivity index (χ1n) is 6.43. The Hall–Kier alpha value is -1.19. The van der Waals surface area contributed by atoms with Gasteiger partial charge in [0.15, 0.2) is 0 Å². The Bertz CT molecular complexity index is 457. The lowest BCUT2D eigenvalue weighted by atomic mass is 10.1. The average molecular weight is 260 g/mol. The normalized spacial score (nSPS) is 10.8. The lowest BCUT2D eigenvalue weighted by Crippen LogP contribution is -2.15. The molecule has 0 radical (unpaired) electrons. The molecule has 2 aromatic rings. The van der Waals surface area contributed by atoms with Gasteiger partial charge in [-0.05, 0) is 38.8 Å². The number of aryl methyl sites for hydroxylation is 3. The number of hydrogen-bond acceptors (Lipinski definition) is 3. The Morgan fingerprint density at radius 3 is 2.61 bits per heavy atom. The third kappa shape index (κ3) is 3.93. The molecule has 0 saturated carbocycles. The number of aromatic nitrogens is 1. The molecule has 1 aromatic heterocycles. The summed E-state index contributed by atoms with van der Waals surface area (Å²) in [4.78, 5) is 5.85. The molecule has 0 amide bonds. The molecule has 0 aliphatic carbocycles. The Labute approximate surface area is 113 Å². The Morgan fingerprint density at radius 2 is 1.94 bits per heavy atom. The molecule has 0 spiro atoms. The minimum absolute atomic E-state index is 0.897. The molecule has 2 nitrogen and oxygen atoms in total. The smallest absolute Gasteiger partial charge is 0.107 e. The molecule has 0 aliphatic rings. The van der Waals surface area contributed by atoms with Crippen molar-refractivity contribution >= 4 is 11.3 Å². The van der Waals surface area contributed by atoms with E-state index in [0.717, 1.165) is 19.5 Å². The van der Waals surface area contributed by atoms with Gasteiger partial charge in [-0.3, -0.25) is 0 Å². The van der Waals surface area contributed by atoms with Crippen LogP contribution in [0.4, 0.5) is 0 Å². The van der Waals surface area contributed by atoms with E-state index in [0.29, 0.717) is 0 Å². The van der Waals surface area contributed by atoms with E-state index >= 15 is 0 Å². The highest BCUT2D eigenvalue weighted by molar-refractivity contribution is 7.11. The zero-order valence-electron chi connectivity index (χ0n) is 11.1. The van der Waals surface area contributed by atoms with Crippen LogP contribution in [0.2, 0.25) is 0 Å². The van der Waals surface area contributed by atoms with Crippen LogP contribution in [0, 0.1) is 13.8 Å². The predicted octanol–water partition coefficient (Wildman–Crippen LogP) is 3.48. The Kier molecular flexibility index (Phi) is 4.90. The van der Waals surface area contributed by atoms with E-state index in [1.165, 1.54) is 27.6 Å². The number of nitrogens with one attached hydrogen (secondary N) is 1. The monoisotopic (exact) mass is 260 g/mol. The van der Waals surface area contributed by atoms with Gasteiger partial charge in [0.2, 0.25) is 0 Å². The molecule has 96 valence electrons. The average Bonchev–Trinajstić information content (AvgIpc) is 2.70. The third-order valence-corrected chi connectivity index (χ3v) is 4.08. The van der Waals surface area contributed by atoms with Gasteiger partial charge in [-0.25, -0.2) is 4.98 Å². The number of rotatable bonds is 6. The third-order valence-electron chi connectivity index (χ3n) is 3.01. The van der Waals surface area contributed by atoms with Gasteiger partial charge in [-0.1, -0.05) is 30.3 Å². The fourth-order valence-corrected chi connectivity index (χ4v) is 2.78. The van der Waals surface area contributed by atoms with Crippen molar-refractivity contribution in [2.45, 2.75) is 33.2 Å². The summed E-state index contributed by atoms with van der Waals surface area (Å²) in [5, 5.41) is 4.66. The topological polar surface area (TPSA) is 24.9 Å². The largest absolute Gasteiger partial charge is 0.310 e. The van der Waals surface area contributed by atoms with E-state index in [1.807, 2.05) is 0 Å². The van der Waals surface area contributed by atoms with Crippen LogP contribution >= 0.6 is 11.3 Å². The molecular weight excluding hydrogens is 240 g/mol. The summed E-state index contributed by atoms with van der Waals surface area (Å²) in [5.74, 6) is 0. The van der Waals surface area contributed by atoms with Crippen molar-refractivity contribution in [2.75, 3.05) is 6.54 Å². The Balaban J connectivity index is 1.64. The predicted molar refractivity (Wildman–Crippen MR) is 78.1 cm³/mol. The molecule has 2 rings (SSSR count). The molecule has 0 aliphatic heterocycles. The van der Waals surface area contributed by atoms with Crippen LogP contribution in [-0.4, -0.2) is 11.5 Å². The van der Waals surface area contributed by atoms with Crippen LogP contribution in [0.25, 0.3) is 0 Å². The first-order chi connectivity index (χ1) is 8.75. The summed E-state index contributed by atoms with van der Waals surface area (Å²) in [6.45, 7) is 6.15. The fraction of sp³-hybridized carbons (Fsp3) is 0.400. The summed E-state index contributed by atoms with van der Waals surface area (Å²) in [6, 6.07) is 10.6. The maximum absolute atomic E-state index is 4.52. The van der Waals surface area contributed by atoms with Crippen molar-refractivity contribution in [1.82, 2.24) is 10.3 Å². The van der Waals surface area contributed by atoms with E-state index in [4.69, 9.17) is 0 Å². The maximum Gasteiger partial charge on any atom is 0.107 e. The number of hydrogen-bond donors (Lipinski definition) is 1. The molecule has 1 heterocycles. The van der Waals surface area contributed by atoms with Crippen LogP contribution in [0.5, 0.6) is 0 Å². The SMILES string of the molecule is Cc1nc(CNCCCc2ccccc2)sc1C. The van der Waals surface area contributed by atoms with Crippen molar-refractivity contribution < 1.29 is 0 Å². The van der Waals surface area contributed by atoms with Gasteiger partial charge in [0, 0.05) is 11.4 Å². The first kappa shape index (κ1) is 13.2. The van der Waals surface area contributed by atoms with Crippen molar-refractivity contribution in [1.29, 1.82) is 0 Å². The summed E-state index contributed by atoms with van der Waals surface area (Å²) in [7, 11) is 0. The van der Waals surface area contributed by atoms with Crippen molar-refractivity contribution in [3.05, 3.63) is 51.5 Å². The van der Waals surface area contributed by atoms with Crippen LogP contribution < -0.4 is 5.32 Å². The van der Waals surface area contributed by atoms with E-state index in [-0.39, 0.29) is 0 Å². The molecule has 0 atom stereocenters. The fourth-order valence-electron chi connectivity index (χ4n) is 1.87. The van der Waals surface area contributed by atoms with Crippen LogP contribution in [0.3, 0.4) is 0 Å². The zero-order chi connectivity index (χ0) is 12.8. The first-order valence-corrected chi connectivity index (χ1v) is 7.25. The maximum atomic E-state index is 4.52. The highest BCUT2D eigenvalue weighted by Gasteiger charge is 2.02. The summed E-state index contributed by atoms with van der Waals surface area (Å²) < 4.78 is 0. The number of thiazole rings is 1. The summed E-state index contributed by atoms with van der Waals surface area (Å²) in [6.07, 6.45) is 2.32. The second-order valence-electron chi connectivity index (χ2n) is 4.52. The van der Waals surface area contributed by atoms with Gasteiger partial charge in [-0.2, -0.15) is 0 Å². The second kappa shape index (κ2) is 6.66. The minimum Gasteiger partial charge on any atom is -0.310 e. The quantitative estimate of drug-likeness (QED) is 0.804. The van der Waals surface area contributed by atoms with Gasteiger partial charge in [0.05, 0.1) is 5.69 Å². The van der Waals surface area contributed by atoms with E-state index in [2.05, 4.69) is 54.5 Å². The summed E-state index contributed by atoms with van der Waals surface area (Å²) >= 11 is 1.80. The molecule has 18 heavy (non-hydrogen) atoms. The van der Waals surface area contributed by atoms with Gasteiger partial charge >= 0.3 is 0 Å². The Morgan fingerprint density at radius 1 is 1.17 bits per heavy atom. The van der Waals surface area contributed by atoms with Crippen molar-refractivity contribution in [2.24, 2.45) is 0 Å². The van der Waals surface area contributed by atoms with Crippen LogP contribution in [0.15, 0.2) is 30.3 Å². The highest BCUT2D eigenvalue weighted by atomic mass is 32.1. The van der Waals surface area contributed by atoms with Gasteiger partial charge in [-0.15, -0.1) is 11.3 Å². The molecule has 1 N–H and O–H groups in total. The number of benzene rings is 1. The van der Waals surface area contributed by atoms with E-state index in [9.17, 15) is 0 Å². The molecular formula is C15H20N2S. The molecule has 0 unspecified atom stereocenters. The van der Waals surface area contributed by atoms with Crippen LogP contribution in [-0.2, 0) is 13.0 Å². The molecule has 0 bridgehead atoms. The van der Waals surface area contributed by atoms with Crippen LogP contribution in [0.1, 0.15) is 27.6 Å². The van der Waals surface area contributed by atoms with E-state index in [1.54, 1.807) is 11.3 Å². The van der Waals surface area contributed by atoms with Gasteiger partial charge < -0.3 is 5.32 Å². The molecule has 3 heteroatoms.